The average Bonchev–Trinajstić information content (AvgIpc) is 2.17. The maximum Gasteiger partial charge on any atom is 0.262 e. The van der Waals surface area contributed by atoms with Crippen molar-refractivity contribution in [1.82, 2.24) is 10.4 Å². The van der Waals surface area contributed by atoms with Gasteiger partial charge in [0.25, 0.3) is 5.91 Å². The van der Waals surface area contributed by atoms with E-state index in [2.05, 4.69) is 5.32 Å². The van der Waals surface area contributed by atoms with Gasteiger partial charge in [0.05, 0.1) is 13.2 Å². The lowest BCUT2D eigenvalue weighted by Gasteiger charge is -2.25. The number of piperidine rings is 1. The molecule has 1 unspecified atom stereocenters. The van der Waals surface area contributed by atoms with Gasteiger partial charge in [0.2, 0.25) is 0 Å². The highest BCUT2D eigenvalue weighted by Gasteiger charge is 2.23. The quantitative estimate of drug-likeness (QED) is 0.603. The van der Waals surface area contributed by atoms with E-state index in [0.29, 0.717) is 0 Å². The van der Waals surface area contributed by atoms with Gasteiger partial charge in [-0.1, -0.05) is 6.42 Å². The van der Waals surface area contributed by atoms with Crippen LogP contribution in [0.1, 0.15) is 19.3 Å². The van der Waals surface area contributed by atoms with Crippen molar-refractivity contribution in [3.63, 3.8) is 0 Å². The first-order chi connectivity index (χ1) is 5.75. The van der Waals surface area contributed by atoms with Crippen molar-refractivity contribution in [2.24, 2.45) is 0 Å². The lowest BCUT2D eigenvalue weighted by Crippen LogP contribution is -2.46. The minimum absolute atomic E-state index is 0.0252. The monoisotopic (exact) mass is 172 g/mol. The summed E-state index contributed by atoms with van der Waals surface area (Å²) in [6.07, 6.45) is 3.22. The van der Waals surface area contributed by atoms with Crippen LogP contribution in [0.3, 0.4) is 0 Å². The number of amides is 1. The Morgan fingerprint density at radius 2 is 2.33 bits per heavy atom. The van der Waals surface area contributed by atoms with Gasteiger partial charge in [0, 0.05) is 7.05 Å². The van der Waals surface area contributed by atoms with Crippen molar-refractivity contribution in [2.45, 2.75) is 25.3 Å². The van der Waals surface area contributed by atoms with Crippen LogP contribution >= 0.6 is 0 Å². The molecule has 1 amide bonds. The van der Waals surface area contributed by atoms with Gasteiger partial charge in [0.1, 0.15) is 0 Å². The number of carbonyl (C=O) groups excluding carboxylic acids is 1. The zero-order valence-electron chi connectivity index (χ0n) is 7.67. The summed E-state index contributed by atoms with van der Waals surface area (Å²) < 4.78 is 0. The van der Waals surface area contributed by atoms with Gasteiger partial charge in [-0.2, -0.15) is 0 Å². The van der Waals surface area contributed by atoms with E-state index in [4.69, 9.17) is 4.84 Å². The predicted octanol–water partition coefficient (Wildman–Crippen LogP) is 0.148. The Labute approximate surface area is 72.8 Å². The number of hydrogen-bond donors (Lipinski definition) is 1. The number of nitrogens with one attached hydrogen (secondary N) is 1. The normalized spacial score (nSPS) is 23.7. The Morgan fingerprint density at radius 1 is 1.58 bits per heavy atom. The molecular formula is C8H16N2O2. The molecule has 1 rings (SSSR count). The Bertz CT molecular complexity index is 155. The van der Waals surface area contributed by atoms with E-state index in [-0.39, 0.29) is 11.9 Å². The average molecular weight is 172 g/mol. The first-order valence-electron chi connectivity index (χ1n) is 4.30. The fourth-order valence-corrected chi connectivity index (χ4v) is 1.37. The fourth-order valence-electron chi connectivity index (χ4n) is 1.37. The van der Waals surface area contributed by atoms with E-state index in [0.717, 1.165) is 19.4 Å². The van der Waals surface area contributed by atoms with Crippen LogP contribution in [0.4, 0.5) is 0 Å². The fraction of sp³-hybridized carbons (Fsp3) is 0.875. The molecule has 4 heteroatoms. The molecule has 0 aromatic carbocycles. The summed E-state index contributed by atoms with van der Waals surface area (Å²) in [7, 11) is 3.14. The summed E-state index contributed by atoms with van der Waals surface area (Å²) in [5, 5.41) is 4.44. The second kappa shape index (κ2) is 4.42. The van der Waals surface area contributed by atoms with Crippen LogP contribution in [0.2, 0.25) is 0 Å². The third kappa shape index (κ3) is 2.19. The molecule has 1 N–H and O–H groups in total. The molecule has 0 bridgehead atoms. The van der Waals surface area contributed by atoms with E-state index >= 15 is 0 Å². The molecule has 0 aliphatic carbocycles. The number of hydroxylamine groups is 2. The van der Waals surface area contributed by atoms with Crippen molar-refractivity contribution in [3.8, 4) is 0 Å². The van der Waals surface area contributed by atoms with Gasteiger partial charge in [0.15, 0.2) is 0 Å². The molecule has 1 aliphatic rings. The van der Waals surface area contributed by atoms with E-state index in [1.165, 1.54) is 18.6 Å². The van der Waals surface area contributed by atoms with Crippen molar-refractivity contribution >= 4 is 5.91 Å². The molecule has 0 saturated carbocycles. The molecule has 12 heavy (non-hydrogen) atoms. The lowest BCUT2D eigenvalue weighted by molar-refractivity contribution is -0.171. The summed E-state index contributed by atoms with van der Waals surface area (Å²) in [4.78, 5) is 16.3. The molecule has 1 aliphatic heterocycles. The Balaban J connectivity index is 2.39. The van der Waals surface area contributed by atoms with Crippen molar-refractivity contribution in [3.05, 3.63) is 0 Å². The topological polar surface area (TPSA) is 41.6 Å². The van der Waals surface area contributed by atoms with Gasteiger partial charge in [-0.25, -0.2) is 5.06 Å². The molecule has 0 spiro atoms. The zero-order valence-corrected chi connectivity index (χ0v) is 7.67. The standard InChI is InChI=1S/C8H16N2O2/c1-10(12-2)8(11)7-5-3-4-6-9-7/h7,9H,3-6H2,1-2H3. The van der Waals surface area contributed by atoms with E-state index in [9.17, 15) is 4.79 Å². The molecule has 0 aromatic rings. The van der Waals surface area contributed by atoms with Crippen LogP contribution in [-0.4, -0.2) is 37.7 Å². The molecular weight excluding hydrogens is 156 g/mol. The van der Waals surface area contributed by atoms with Crippen molar-refractivity contribution < 1.29 is 9.63 Å². The predicted molar refractivity (Wildman–Crippen MR) is 45.4 cm³/mol. The second-order valence-corrected chi connectivity index (χ2v) is 3.02. The molecule has 1 saturated heterocycles. The van der Waals surface area contributed by atoms with Gasteiger partial charge in [-0.3, -0.25) is 9.63 Å². The largest absolute Gasteiger partial charge is 0.306 e. The molecule has 0 radical (unpaired) electrons. The van der Waals surface area contributed by atoms with Crippen LogP contribution in [0, 0.1) is 0 Å². The van der Waals surface area contributed by atoms with E-state index in [1.807, 2.05) is 0 Å². The SMILES string of the molecule is CON(C)C(=O)C1CCCCN1. The number of rotatable bonds is 2. The van der Waals surface area contributed by atoms with Gasteiger partial charge >= 0.3 is 0 Å². The number of nitrogens with zero attached hydrogens (tertiary/aromatic N) is 1. The van der Waals surface area contributed by atoms with Gasteiger partial charge in [-0.15, -0.1) is 0 Å². The number of hydrogen-bond acceptors (Lipinski definition) is 3. The molecule has 1 fully saturated rings. The number of carbonyl (C=O) groups is 1. The molecule has 4 nitrogen and oxygen atoms in total. The van der Waals surface area contributed by atoms with Crippen LogP contribution in [-0.2, 0) is 9.63 Å². The van der Waals surface area contributed by atoms with Gasteiger partial charge < -0.3 is 5.32 Å². The number of likely N-dealkylation sites (N-methyl/N-ethyl adjacent to an activating group) is 1. The zero-order chi connectivity index (χ0) is 8.97. The first kappa shape index (κ1) is 9.48. The maximum atomic E-state index is 11.5. The Morgan fingerprint density at radius 3 is 2.83 bits per heavy atom. The summed E-state index contributed by atoms with van der Waals surface area (Å²) in [5.74, 6) is 0.0252. The summed E-state index contributed by atoms with van der Waals surface area (Å²) >= 11 is 0. The second-order valence-electron chi connectivity index (χ2n) is 3.02. The van der Waals surface area contributed by atoms with Crippen LogP contribution in [0.5, 0.6) is 0 Å². The minimum Gasteiger partial charge on any atom is -0.306 e. The summed E-state index contributed by atoms with van der Waals surface area (Å²) in [6.45, 7) is 0.938. The van der Waals surface area contributed by atoms with Crippen molar-refractivity contribution in [1.29, 1.82) is 0 Å². The summed E-state index contributed by atoms with van der Waals surface area (Å²) in [6, 6.07) is -0.0382. The maximum absolute atomic E-state index is 11.5. The third-order valence-electron chi connectivity index (χ3n) is 2.19. The minimum atomic E-state index is -0.0382. The molecule has 0 aromatic heterocycles. The Kier molecular flexibility index (Phi) is 3.49. The smallest absolute Gasteiger partial charge is 0.262 e. The highest BCUT2D eigenvalue weighted by Crippen LogP contribution is 2.08. The van der Waals surface area contributed by atoms with E-state index < -0.39 is 0 Å². The van der Waals surface area contributed by atoms with Crippen LogP contribution in [0.25, 0.3) is 0 Å². The molecule has 1 atom stereocenters. The third-order valence-corrected chi connectivity index (χ3v) is 2.19. The molecule has 1 heterocycles. The highest BCUT2D eigenvalue weighted by molar-refractivity contribution is 5.80. The van der Waals surface area contributed by atoms with Crippen LogP contribution in [0.15, 0.2) is 0 Å². The Hall–Kier alpha value is -0.610. The van der Waals surface area contributed by atoms with Crippen molar-refractivity contribution in [2.75, 3.05) is 20.7 Å². The first-order valence-corrected chi connectivity index (χ1v) is 4.30. The summed E-state index contributed by atoms with van der Waals surface area (Å²) in [5.41, 5.74) is 0. The van der Waals surface area contributed by atoms with Gasteiger partial charge in [-0.05, 0) is 19.4 Å². The van der Waals surface area contributed by atoms with E-state index in [1.54, 1.807) is 7.05 Å². The molecule has 70 valence electrons. The van der Waals surface area contributed by atoms with Crippen LogP contribution < -0.4 is 5.32 Å². The highest BCUT2D eigenvalue weighted by atomic mass is 16.7. The lowest BCUT2D eigenvalue weighted by atomic mass is 10.0.